The number of para-hydroxylation sites is 1. The summed E-state index contributed by atoms with van der Waals surface area (Å²) in [5, 5.41) is 3.32. The SMILES string of the molecule is CN(C)CCNCCOCCOc1ccccc1. The van der Waals surface area contributed by atoms with Gasteiger partial charge in [0.05, 0.1) is 13.2 Å². The third-order valence-electron chi connectivity index (χ3n) is 2.40. The topological polar surface area (TPSA) is 33.7 Å². The molecule has 18 heavy (non-hydrogen) atoms. The van der Waals surface area contributed by atoms with Crippen molar-refractivity contribution < 1.29 is 9.47 Å². The third kappa shape index (κ3) is 8.06. The van der Waals surface area contributed by atoms with E-state index in [0.29, 0.717) is 13.2 Å². The first-order valence-electron chi connectivity index (χ1n) is 6.40. The van der Waals surface area contributed by atoms with Crippen LogP contribution in [0.3, 0.4) is 0 Å². The largest absolute Gasteiger partial charge is 0.491 e. The van der Waals surface area contributed by atoms with Crippen LogP contribution >= 0.6 is 0 Å². The molecule has 0 spiro atoms. The van der Waals surface area contributed by atoms with Gasteiger partial charge in [-0.2, -0.15) is 0 Å². The minimum absolute atomic E-state index is 0.599. The molecule has 0 aromatic heterocycles. The number of hydrogen-bond acceptors (Lipinski definition) is 4. The molecule has 0 saturated carbocycles. The Morgan fingerprint density at radius 1 is 1.00 bits per heavy atom. The van der Waals surface area contributed by atoms with E-state index in [-0.39, 0.29) is 0 Å². The van der Waals surface area contributed by atoms with E-state index in [1.165, 1.54) is 0 Å². The number of hydrogen-bond donors (Lipinski definition) is 1. The Hall–Kier alpha value is -1.10. The van der Waals surface area contributed by atoms with Crippen molar-refractivity contribution in [1.82, 2.24) is 10.2 Å². The monoisotopic (exact) mass is 252 g/mol. The Morgan fingerprint density at radius 3 is 2.50 bits per heavy atom. The summed E-state index contributed by atoms with van der Waals surface area (Å²) in [6.07, 6.45) is 0. The molecule has 0 saturated heterocycles. The zero-order chi connectivity index (χ0) is 13.1. The predicted octanol–water partition coefficient (Wildman–Crippen LogP) is 1.23. The summed E-state index contributed by atoms with van der Waals surface area (Å²) in [4.78, 5) is 2.15. The normalized spacial score (nSPS) is 10.8. The Morgan fingerprint density at radius 2 is 1.78 bits per heavy atom. The fourth-order valence-corrected chi connectivity index (χ4v) is 1.41. The van der Waals surface area contributed by atoms with E-state index in [1.807, 2.05) is 30.3 Å². The Kier molecular flexibility index (Phi) is 8.21. The van der Waals surface area contributed by atoms with Gasteiger partial charge in [0, 0.05) is 19.6 Å². The molecule has 1 N–H and O–H groups in total. The van der Waals surface area contributed by atoms with Gasteiger partial charge in [0.25, 0.3) is 0 Å². The van der Waals surface area contributed by atoms with E-state index < -0.39 is 0 Å². The summed E-state index contributed by atoms with van der Waals surface area (Å²) >= 11 is 0. The van der Waals surface area contributed by atoms with Crippen LogP contribution in [0.1, 0.15) is 0 Å². The number of nitrogens with zero attached hydrogens (tertiary/aromatic N) is 1. The second-order valence-corrected chi connectivity index (χ2v) is 4.33. The van der Waals surface area contributed by atoms with E-state index in [0.717, 1.165) is 32.0 Å². The maximum atomic E-state index is 5.51. The van der Waals surface area contributed by atoms with Gasteiger partial charge in [-0.1, -0.05) is 18.2 Å². The molecule has 0 aliphatic rings. The van der Waals surface area contributed by atoms with Crippen LogP contribution < -0.4 is 10.1 Å². The minimum Gasteiger partial charge on any atom is -0.491 e. The molecular weight excluding hydrogens is 228 g/mol. The molecule has 0 unspecified atom stereocenters. The molecule has 0 amide bonds. The van der Waals surface area contributed by atoms with Gasteiger partial charge >= 0.3 is 0 Å². The van der Waals surface area contributed by atoms with Crippen molar-refractivity contribution in [1.29, 1.82) is 0 Å². The molecule has 1 aromatic carbocycles. The van der Waals surface area contributed by atoms with Gasteiger partial charge < -0.3 is 19.7 Å². The summed E-state index contributed by atoms with van der Waals surface area (Å²) in [6, 6.07) is 9.80. The van der Waals surface area contributed by atoms with Gasteiger partial charge in [-0.15, -0.1) is 0 Å². The lowest BCUT2D eigenvalue weighted by Crippen LogP contribution is -2.29. The zero-order valence-electron chi connectivity index (χ0n) is 11.4. The molecular formula is C14H24N2O2. The van der Waals surface area contributed by atoms with Crippen LogP contribution in [0.4, 0.5) is 0 Å². The zero-order valence-corrected chi connectivity index (χ0v) is 11.4. The first kappa shape index (κ1) is 15.0. The van der Waals surface area contributed by atoms with Gasteiger partial charge in [-0.05, 0) is 26.2 Å². The van der Waals surface area contributed by atoms with Gasteiger partial charge in [0.15, 0.2) is 0 Å². The van der Waals surface area contributed by atoms with Crippen molar-refractivity contribution in [2.24, 2.45) is 0 Å². The molecule has 0 bridgehead atoms. The second-order valence-electron chi connectivity index (χ2n) is 4.33. The lowest BCUT2D eigenvalue weighted by molar-refractivity contribution is 0.102. The highest BCUT2D eigenvalue weighted by atomic mass is 16.5. The van der Waals surface area contributed by atoms with E-state index in [1.54, 1.807) is 0 Å². The van der Waals surface area contributed by atoms with Crippen LogP contribution in [0.15, 0.2) is 30.3 Å². The van der Waals surface area contributed by atoms with E-state index in [2.05, 4.69) is 24.3 Å². The number of ether oxygens (including phenoxy) is 2. The lowest BCUT2D eigenvalue weighted by atomic mass is 10.3. The summed E-state index contributed by atoms with van der Waals surface area (Å²) in [6.45, 7) is 4.89. The van der Waals surface area contributed by atoms with Gasteiger partial charge in [-0.3, -0.25) is 0 Å². The van der Waals surface area contributed by atoms with Crippen LogP contribution in [0, 0.1) is 0 Å². The van der Waals surface area contributed by atoms with Crippen LogP contribution in [0.25, 0.3) is 0 Å². The van der Waals surface area contributed by atoms with Gasteiger partial charge in [-0.25, -0.2) is 0 Å². The highest BCUT2D eigenvalue weighted by Crippen LogP contribution is 2.07. The van der Waals surface area contributed by atoms with Crippen molar-refractivity contribution in [3.8, 4) is 5.75 Å². The van der Waals surface area contributed by atoms with E-state index in [4.69, 9.17) is 9.47 Å². The van der Waals surface area contributed by atoms with Crippen molar-refractivity contribution in [2.45, 2.75) is 0 Å². The Balaban J connectivity index is 1.84. The molecule has 1 rings (SSSR count). The average Bonchev–Trinajstić information content (AvgIpc) is 2.37. The second kappa shape index (κ2) is 9.88. The van der Waals surface area contributed by atoms with E-state index >= 15 is 0 Å². The summed E-state index contributed by atoms with van der Waals surface area (Å²) in [7, 11) is 4.14. The summed E-state index contributed by atoms with van der Waals surface area (Å²) < 4.78 is 11.0. The van der Waals surface area contributed by atoms with Crippen molar-refractivity contribution in [3.63, 3.8) is 0 Å². The molecule has 0 atom stereocenters. The number of nitrogens with one attached hydrogen (secondary N) is 1. The highest BCUT2D eigenvalue weighted by molar-refractivity contribution is 5.20. The molecule has 0 aliphatic heterocycles. The molecule has 102 valence electrons. The Labute approximate surface area is 110 Å². The van der Waals surface area contributed by atoms with Gasteiger partial charge in [0.2, 0.25) is 0 Å². The molecule has 4 heteroatoms. The molecule has 0 radical (unpaired) electrons. The number of likely N-dealkylation sites (N-methyl/N-ethyl adjacent to an activating group) is 1. The maximum Gasteiger partial charge on any atom is 0.119 e. The molecule has 0 heterocycles. The predicted molar refractivity (Wildman–Crippen MR) is 74.2 cm³/mol. The standard InChI is InChI=1S/C14H24N2O2/c1-16(2)10-8-15-9-11-17-12-13-18-14-6-4-3-5-7-14/h3-7,15H,8-13H2,1-2H3. The molecule has 1 aromatic rings. The Bertz CT molecular complexity index is 291. The van der Waals surface area contributed by atoms with Crippen LogP contribution in [0.2, 0.25) is 0 Å². The molecule has 4 nitrogen and oxygen atoms in total. The third-order valence-corrected chi connectivity index (χ3v) is 2.40. The van der Waals surface area contributed by atoms with Crippen LogP contribution in [-0.2, 0) is 4.74 Å². The smallest absolute Gasteiger partial charge is 0.119 e. The quantitative estimate of drug-likeness (QED) is 0.635. The maximum absolute atomic E-state index is 5.51. The van der Waals surface area contributed by atoms with Crippen LogP contribution in [0.5, 0.6) is 5.75 Å². The van der Waals surface area contributed by atoms with Crippen molar-refractivity contribution in [3.05, 3.63) is 30.3 Å². The van der Waals surface area contributed by atoms with E-state index in [9.17, 15) is 0 Å². The summed E-state index contributed by atoms with van der Waals surface area (Å²) in [5.74, 6) is 0.894. The first-order valence-corrected chi connectivity index (χ1v) is 6.40. The lowest BCUT2D eigenvalue weighted by Gasteiger charge is -2.10. The van der Waals surface area contributed by atoms with Crippen molar-refractivity contribution in [2.75, 3.05) is 53.6 Å². The van der Waals surface area contributed by atoms with Gasteiger partial charge in [0.1, 0.15) is 12.4 Å². The average molecular weight is 252 g/mol. The number of benzene rings is 1. The summed E-state index contributed by atoms with van der Waals surface area (Å²) in [5.41, 5.74) is 0. The minimum atomic E-state index is 0.599. The van der Waals surface area contributed by atoms with Crippen LogP contribution in [-0.4, -0.2) is 58.5 Å². The first-order chi connectivity index (χ1) is 8.79. The molecule has 0 aliphatic carbocycles. The van der Waals surface area contributed by atoms with Crippen molar-refractivity contribution >= 4 is 0 Å². The molecule has 0 fully saturated rings. The number of rotatable bonds is 10. The highest BCUT2D eigenvalue weighted by Gasteiger charge is 1.93. The fraction of sp³-hybridized carbons (Fsp3) is 0.571. The fourth-order valence-electron chi connectivity index (χ4n) is 1.41.